The zero-order chi connectivity index (χ0) is 23.8. The summed E-state index contributed by atoms with van der Waals surface area (Å²) >= 11 is 0. The highest BCUT2D eigenvalue weighted by Gasteiger charge is 2.67. The van der Waals surface area contributed by atoms with Crippen molar-refractivity contribution in [1.82, 2.24) is 16.0 Å². The molecule has 1 saturated carbocycles. The van der Waals surface area contributed by atoms with Crippen molar-refractivity contribution in [2.75, 3.05) is 27.2 Å². The van der Waals surface area contributed by atoms with Crippen LogP contribution in [0, 0.1) is 5.82 Å². The summed E-state index contributed by atoms with van der Waals surface area (Å²) in [6.45, 7) is 2.37. The van der Waals surface area contributed by atoms with Gasteiger partial charge in [-0.25, -0.2) is 4.39 Å². The zero-order valence-corrected chi connectivity index (χ0v) is 19.3. The van der Waals surface area contributed by atoms with Crippen LogP contribution >= 0.6 is 0 Å². The molecule has 9 unspecified atom stereocenters. The molecule has 2 saturated heterocycles. The minimum atomic E-state index is -2.12. The molecule has 1 aliphatic carbocycles. The molecule has 0 aromatic heterocycles. The highest BCUT2D eigenvalue weighted by atomic mass is 19.1. The van der Waals surface area contributed by atoms with Crippen LogP contribution in [0.3, 0.4) is 0 Å². The summed E-state index contributed by atoms with van der Waals surface area (Å²) in [4.78, 5) is 0. The molecule has 0 spiro atoms. The maximum atomic E-state index is 13.1. The van der Waals surface area contributed by atoms with Gasteiger partial charge in [0.05, 0.1) is 24.4 Å². The maximum Gasteiger partial charge on any atom is 0.249 e. The molecule has 2 aliphatic heterocycles. The van der Waals surface area contributed by atoms with E-state index in [2.05, 4.69) is 16.0 Å². The second kappa shape index (κ2) is 9.80. The van der Waals surface area contributed by atoms with Gasteiger partial charge in [-0.15, -0.1) is 0 Å². The number of hydrogen-bond donors (Lipinski definition) is 6. The predicted molar refractivity (Wildman–Crippen MR) is 118 cm³/mol. The molecular weight excluding hydrogens is 433 g/mol. The quantitative estimate of drug-likeness (QED) is 0.286. The summed E-state index contributed by atoms with van der Waals surface area (Å²) in [5.41, 5.74) is -0.730. The lowest BCUT2D eigenvalue weighted by molar-refractivity contribution is -0.477. The Balaban J connectivity index is 1.47. The Morgan fingerprint density at radius 1 is 1.12 bits per heavy atom. The van der Waals surface area contributed by atoms with Gasteiger partial charge in [-0.3, -0.25) is 0 Å². The molecule has 3 aliphatic rings. The lowest BCUT2D eigenvalue weighted by atomic mass is 9.79. The molecule has 3 fully saturated rings. The molecule has 33 heavy (non-hydrogen) atoms. The van der Waals surface area contributed by atoms with Crippen LogP contribution in [0.4, 0.5) is 4.39 Å². The van der Waals surface area contributed by atoms with Crippen molar-refractivity contribution in [1.29, 1.82) is 0 Å². The van der Waals surface area contributed by atoms with Gasteiger partial charge in [-0.1, -0.05) is 12.1 Å². The fourth-order valence-corrected chi connectivity index (χ4v) is 5.33. The van der Waals surface area contributed by atoms with Gasteiger partial charge in [0, 0.05) is 19.0 Å². The van der Waals surface area contributed by atoms with Gasteiger partial charge in [0.1, 0.15) is 17.5 Å². The van der Waals surface area contributed by atoms with E-state index < -0.39 is 42.0 Å². The van der Waals surface area contributed by atoms with Crippen molar-refractivity contribution in [3.05, 3.63) is 35.6 Å². The summed E-state index contributed by atoms with van der Waals surface area (Å²) in [5, 5.41) is 43.3. The first-order valence-corrected chi connectivity index (χ1v) is 11.6. The van der Waals surface area contributed by atoms with Crippen LogP contribution in [0.25, 0.3) is 0 Å². The van der Waals surface area contributed by atoms with E-state index in [-0.39, 0.29) is 30.9 Å². The van der Waals surface area contributed by atoms with E-state index in [1.54, 1.807) is 26.2 Å². The van der Waals surface area contributed by atoms with Crippen LogP contribution in [-0.2, 0) is 20.6 Å². The highest BCUT2D eigenvalue weighted by Crippen LogP contribution is 2.46. The number of benzene rings is 1. The molecule has 0 radical (unpaired) electrons. The summed E-state index contributed by atoms with van der Waals surface area (Å²) in [5.74, 6) is -2.41. The second-order valence-electron chi connectivity index (χ2n) is 9.46. The number of ether oxygens (including phenoxy) is 3. The lowest BCUT2D eigenvalue weighted by Gasteiger charge is -2.59. The molecule has 9 nitrogen and oxygen atoms in total. The molecule has 10 heteroatoms. The van der Waals surface area contributed by atoms with Gasteiger partial charge in [0.15, 0.2) is 0 Å². The Labute approximate surface area is 193 Å². The molecule has 9 atom stereocenters. The monoisotopic (exact) mass is 469 g/mol. The van der Waals surface area contributed by atoms with Gasteiger partial charge in [0.2, 0.25) is 12.1 Å². The van der Waals surface area contributed by atoms with E-state index in [9.17, 15) is 19.7 Å². The van der Waals surface area contributed by atoms with Gasteiger partial charge in [-0.05, 0) is 58.1 Å². The average Bonchev–Trinajstić information content (AvgIpc) is 2.78. The number of aliphatic hydroxyl groups is 3. The van der Waals surface area contributed by atoms with Crippen LogP contribution < -0.4 is 16.0 Å². The van der Waals surface area contributed by atoms with Crippen molar-refractivity contribution in [2.45, 2.75) is 80.4 Å². The minimum absolute atomic E-state index is 0.0432. The van der Waals surface area contributed by atoms with Gasteiger partial charge < -0.3 is 45.5 Å². The molecule has 1 aromatic rings. The van der Waals surface area contributed by atoms with E-state index in [4.69, 9.17) is 14.2 Å². The van der Waals surface area contributed by atoms with Crippen molar-refractivity contribution >= 4 is 0 Å². The van der Waals surface area contributed by atoms with Gasteiger partial charge in [0.25, 0.3) is 0 Å². The van der Waals surface area contributed by atoms with Crippen molar-refractivity contribution in [2.24, 2.45) is 0 Å². The fourth-order valence-electron chi connectivity index (χ4n) is 5.33. The Morgan fingerprint density at radius 3 is 2.52 bits per heavy atom. The molecule has 186 valence electrons. The van der Waals surface area contributed by atoms with Gasteiger partial charge in [-0.2, -0.15) is 0 Å². The number of likely N-dealkylation sites (N-methyl/N-ethyl adjacent to an activating group) is 2. The molecule has 6 N–H and O–H groups in total. The van der Waals surface area contributed by atoms with E-state index in [0.29, 0.717) is 19.4 Å². The number of nitrogens with one attached hydrogen (secondary N) is 3. The van der Waals surface area contributed by atoms with Crippen LogP contribution in [0.15, 0.2) is 24.3 Å². The normalized spacial score (nSPS) is 43.1. The zero-order valence-electron chi connectivity index (χ0n) is 19.3. The Morgan fingerprint density at radius 2 is 1.85 bits per heavy atom. The molecule has 0 amide bonds. The van der Waals surface area contributed by atoms with Crippen molar-refractivity contribution in [3.8, 4) is 0 Å². The van der Waals surface area contributed by atoms with Crippen molar-refractivity contribution in [3.63, 3.8) is 0 Å². The van der Waals surface area contributed by atoms with Crippen LogP contribution in [0.1, 0.15) is 25.3 Å². The topological polar surface area (TPSA) is 124 Å². The third kappa shape index (κ3) is 4.69. The molecule has 2 heterocycles. The van der Waals surface area contributed by atoms with E-state index in [0.717, 1.165) is 5.56 Å². The predicted octanol–water partition coefficient (Wildman–Crippen LogP) is -0.763. The number of hydrogen-bond acceptors (Lipinski definition) is 9. The maximum absolute atomic E-state index is 13.1. The average molecular weight is 470 g/mol. The van der Waals surface area contributed by atoms with E-state index in [1.807, 2.05) is 6.92 Å². The lowest BCUT2D eigenvalue weighted by Crippen LogP contribution is -2.79. The minimum Gasteiger partial charge on any atom is -0.390 e. The number of fused-ring (bicyclic) bond motifs is 2. The van der Waals surface area contributed by atoms with Crippen LogP contribution in [-0.4, -0.2) is 96.7 Å². The van der Waals surface area contributed by atoms with Crippen LogP contribution in [0.5, 0.6) is 0 Å². The fraction of sp³-hybridized carbons (Fsp3) is 0.739. The molecule has 1 aromatic carbocycles. The smallest absolute Gasteiger partial charge is 0.249 e. The summed E-state index contributed by atoms with van der Waals surface area (Å²) in [6, 6.07) is 5.53. The third-order valence-electron chi connectivity index (χ3n) is 7.19. The number of rotatable bonds is 7. The SMILES string of the molecule is CNC1CC2OC3OC(C)CC(O)(CNCCc4ccc(F)cc4)C3(O)OC2C(NC)C1O. The first-order chi connectivity index (χ1) is 15.7. The summed E-state index contributed by atoms with van der Waals surface area (Å²) in [7, 11) is 3.49. The van der Waals surface area contributed by atoms with E-state index >= 15 is 0 Å². The number of aliphatic hydroxyl groups excluding tert-OH is 1. The first-order valence-electron chi connectivity index (χ1n) is 11.6. The third-order valence-corrected chi connectivity index (χ3v) is 7.19. The first kappa shape index (κ1) is 24.9. The Hall–Kier alpha value is -1.21. The highest BCUT2D eigenvalue weighted by molar-refractivity contribution is 5.16. The molecule has 4 rings (SSSR count). The van der Waals surface area contributed by atoms with E-state index in [1.165, 1.54) is 12.1 Å². The largest absolute Gasteiger partial charge is 0.390 e. The van der Waals surface area contributed by atoms with Crippen molar-refractivity contribution < 1.29 is 33.9 Å². The summed E-state index contributed by atoms with van der Waals surface area (Å²) in [6.07, 6.45) is -2.19. The Kier molecular flexibility index (Phi) is 7.40. The summed E-state index contributed by atoms with van der Waals surface area (Å²) < 4.78 is 31.3. The second-order valence-corrected chi connectivity index (χ2v) is 9.46. The Bertz CT molecular complexity index is 803. The molecule has 0 bridgehead atoms. The standard InChI is InChI=1S/C23H36FN3O6/c1-13-11-22(29,12-27-9-8-14-4-6-15(24)7-5-14)23(30)21(31-13)32-17-10-16(25-2)19(28)18(26-3)20(17)33-23/h4-7,13,16-21,25-30H,8-12H2,1-3H3. The van der Waals surface area contributed by atoms with Crippen LogP contribution in [0.2, 0.25) is 0 Å². The molecular formula is C23H36FN3O6. The van der Waals surface area contributed by atoms with Gasteiger partial charge >= 0.3 is 0 Å². The number of halogens is 1.